The summed E-state index contributed by atoms with van der Waals surface area (Å²) in [7, 11) is 0. The van der Waals surface area contributed by atoms with Crippen LogP contribution in [0.4, 0.5) is 10.8 Å². The van der Waals surface area contributed by atoms with E-state index in [1.54, 1.807) is 9.42 Å². The zero-order valence-electron chi connectivity index (χ0n) is 21.0. The molecule has 0 bridgehead atoms. The molecule has 0 radical (unpaired) electrons. The van der Waals surface area contributed by atoms with Gasteiger partial charge in [0.1, 0.15) is 0 Å². The Balaban J connectivity index is 1.48. The van der Waals surface area contributed by atoms with Gasteiger partial charge in [-0.25, -0.2) is 14.5 Å². The highest BCUT2D eigenvalue weighted by Crippen LogP contribution is 2.35. The summed E-state index contributed by atoms with van der Waals surface area (Å²) in [4.78, 5) is 29.4. The second-order valence-corrected chi connectivity index (χ2v) is 10.8. The lowest BCUT2D eigenvalue weighted by Gasteiger charge is -2.21. The first kappa shape index (κ1) is 24.4. The predicted octanol–water partition coefficient (Wildman–Crippen LogP) is 6.49. The molecule has 2 aromatic carbocycles. The molecule has 0 aliphatic carbocycles. The van der Waals surface area contributed by atoms with Crippen molar-refractivity contribution >= 4 is 55.8 Å². The van der Waals surface area contributed by atoms with E-state index in [4.69, 9.17) is 4.98 Å². The van der Waals surface area contributed by atoms with E-state index >= 15 is 0 Å². The maximum atomic E-state index is 13.8. The Morgan fingerprint density at radius 3 is 2.50 bits per heavy atom. The molecule has 3 aromatic heterocycles. The van der Waals surface area contributed by atoms with Gasteiger partial charge in [-0.3, -0.25) is 9.69 Å². The van der Waals surface area contributed by atoms with Gasteiger partial charge in [0.25, 0.3) is 5.78 Å². The summed E-state index contributed by atoms with van der Waals surface area (Å²) in [6, 6.07) is 16.2. The van der Waals surface area contributed by atoms with Crippen molar-refractivity contribution in [1.82, 2.24) is 24.6 Å². The van der Waals surface area contributed by atoms with Gasteiger partial charge in [0.05, 0.1) is 15.9 Å². The predicted molar refractivity (Wildman–Crippen MR) is 148 cm³/mol. The molecule has 36 heavy (non-hydrogen) atoms. The zero-order valence-corrected chi connectivity index (χ0v) is 22.7. The number of amides is 1. The Morgan fingerprint density at radius 1 is 1.06 bits per heavy atom. The molecule has 0 spiro atoms. The molecule has 5 rings (SSSR count). The van der Waals surface area contributed by atoms with Crippen LogP contribution in [0.2, 0.25) is 0 Å². The van der Waals surface area contributed by atoms with Gasteiger partial charge in [0, 0.05) is 17.8 Å². The van der Waals surface area contributed by atoms with Crippen molar-refractivity contribution in [3.63, 3.8) is 0 Å². The normalized spacial score (nSPS) is 11.6. The van der Waals surface area contributed by atoms with E-state index in [0.717, 1.165) is 32.9 Å². The first-order valence-corrected chi connectivity index (χ1v) is 13.9. The van der Waals surface area contributed by atoms with E-state index in [-0.39, 0.29) is 5.91 Å². The molecular formula is C27H28N6OS2. The number of rotatable bonds is 7. The number of carbonyl (C=O) groups is 1. The second-order valence-electron chi connectivity index (χ2n) is 9.01. The lowest BCUT2D eigenvalue weighted by atomic mass is 10.0. The Bertz CT molecular complexity index is 1520. The molecule has 184 valence electrons. The van der Waals surface area contributed by atoms with Crippen LogP contribution in [0, 0.1) is 13.8 Å². The molecule has 1 amide bonds. The quantitative estimate of drug-likeness (QED) is 0.230. The summed E-state index contributed by atoms with van der Waals surface area (Å²) in [5, 5.41) is 5.91. The van der Waals surface area contributed by atoms with Gasteiger partial charge in [-0.1, -0.05) is 61.2 Å². The Hall–Kier alpha value is -3.30. The molecule has 3 heterocycles. The van der Waals surface area contributed by atoms with Gasteiger partial charge < -0.3 is 0 Å². The number of fused-ring (bicyclic) bond motifs is 2. The first-order chi connectivity index (χ1) is 17.4. The minimum atomic E-state index is -0.00589. The van der Waals surface area contributed by atoms with E-state index < -0.39 is 0 Å². The molecule has 0 atom stereocenters. The molecule has 0 unspecified atom stereocenters. The fraction of sp³-hybridized carbons (Fsp3) is 0.296. The first-order valence-electron chi connectivity index (χ1n) is 11.9. The topological polar surface area (TPSA) is 76.3 Å². The minimum absolute atomic E-state index is 0.00589. The summed E-state index contributed by atoms with van der Waals surface area (Å²) in [6.45, 7) is 8.31. The zero-order chi connectivity index (χ0) is 25.4. The van der Waals surface area contributed by atoms with Crippen molar-refractivity contribution in [2.75, 3.05) is 11.2 Å². The van der Waals surface area contributed by atoms with Crippen LogP contribution in [0.15, 0.2) is 53.7 Å². The van der Waals surface area contributed by atoms with Crippen LogP contribution in [0.1, 0.15) is 48.7 Å². The highest BCUT2D eigenvalue weighted by Gasteiger charge is 2.23. The monoisotopic (exact) mass is 516 g/mol. The maximum Gasteiger partial charge on any atom is 0.253 e. The number of thiazole rings is 1. The number of hydrogen-bond acceptors (Lipinski definition) is 7. The van der Waals surface area contributed by atoms with Crippen molar-refractivity contribution in [3.8, 4) is 0 Å². The van der Waals surface area contributed by atoms with Gasteiger partial charge >= 0.3 is 0 Å². The summed E-state index contributed by atoms with van der Waals surface area (Å²) >= 11 is 3.02. The fourth-order valence-electron chi connectivity index (χ4n) is 4.31. The van der Waals surface area contributed by atoms with E-state index in [0.29, 0.717) is 34.8 Å². The standard InChI is InChI=1S/C27H28N6OS2/c1-16(2)19-10-12-20(13-11-19)32(27-29-22-8-6-7-9-23(22)36-27)24(34)15-14-21-17(3)28-25-30-26(35-5)31-33(25)18(21)4/h6-13,16H,14-15H2,1-5H3. The third-order valence-electron chi connectivity index (χ3n) is 6.34. The third-order valence-corrected chi connectivity index (χ3v) is 7.90. The van der Waals surface area contributed by atoms with E-state index in [2.05, 4.69) is 41.0 Å². The number of anilines is 2. The van der Waals surface area contributed by atoms with Crippen LogP contribution in [-0.2, 0) is 11.2 Å². The summed E-state index contributed by atoms with van der Waals surface area (Å²) in [6.07, 6.45) is 2.82. The van der Waals surface area contributed by atoms with E-state index in [9.17, 15) is 4.79 Å². The number of hydrogen-bond donors (Lipinski definition) is 0. The summed E-state index contributed by atoms with van der Waals surface area (Å²) in [5.41, 5.74) is 5.82. The Morgan fingerprint density at radius 2 is 1.81 bits per heavy atom. The van der Waals surface area contributed by atoms with Crippen LogP contribution in [0.25, 0.3) is 16.0 Å². The number of aryl methyl sites for hydroxylation is 2. The number of aromatic nitrogens is 5. The molecule has 0 saturated heterocycles. The minimum Gasteiger partial charge on any atom is -0.274 e. The largest absolute Gasteiger partial charge is 0.274 e. The molecular weight excluding hydrogens is 488 g/mol. The Kier molecular flexibility index (Phi) is 6.77. The smallest absolute Gasteiger partial charge is 0.253 e. The highest BCUT2D eigenvalue weighted by molar-refractivity contribution is 7.98. The van der Waals surface area contributed by atoms with E-state index in [1.165, 1.54) is 28.7 Å². The molecule has 0 aliphatic heterocycles. The van der Waals surface area contributed by atoms with Crippen LogP contribution in [-0.4, -0.2) is 36.7 Å². The van der Waals surface area contributed by atoms with Crippen LogP contribution < -0.4 is 4.90 Å². The fourth-order valence-corrected chi connectivity index (χ4v) is 5.65. The van der Waals surface area contributed by atoms with Gasteiger partial charge in [0.15, 0.2) is 5.13 Å². The average molecular weight is 517 g/mol. The molecule has 0 fully saturated rings. The molecule has 0 aliphatic rings. The van der Waals surface area contributed by atoms with Gasteiger partial charge in [-0.15, -0.1) is 5.10 Å². The van der Waals surface area contributed by atoms with Crippen LogP contribution in [0.5, 0.6) is 0 Å². The number of nitrogens with zero attached hydrogens (tertiary/aromatic N) is 6. The third kappa shape index (κ3) is 4.60. The highest BCUT2D eigenvalue weighted by atomic mass is 32.2. The van der Waals surface area contributed by atoms with Gasteiger partial charge in [-0.2, -0.15) is 4.98 Å². The Labute approximate surface area is 218 Å². The number of carbonyl (C=O) groups excluding carboxylic acids is 1. The molecule has 7 nitrogen and oxygen atoms in total. The lowest BCUT2D eigenvalue weighted by Crippen LogP contribution is -2.26. The summed E-state index contributed by atoms with van der Waals surface area (Å²) < 4.78 is 2.83. The number of para-hydroxylation sites is 1. The van der Waals surface area contributed by atoms with Crippen molar-refractivity contribution < 1.29 is 4.79 Å². The van der Waals surface area contributed by atoms with Crippen LogP contribution in [0.3, 0.4) is 0 Å². The number of thioether (sulfide) groups is 1. The molecule has 9 heteroatoms. The van der Waals surface area contributed by atoms with Crippen molar-refractivity contribution in [2.24, 2.45) is 0 Å². The van der Waals surface area contributed by atoms with Crippen molar-refractivity contribution in [1.29, 1.82) is 0 Å². The van der Waals surface area contributed by atoms with Crippen molar-refractivity contribution in [2.45, 2.75) is 51.6 Å². The summed E-state index contributed by atoms with van der Waals surface area (Å²) in [5.74, 6) is 1.00. The van der Waals surface area contributed by atoms with Gasteiger partial charge in [0.2, 0.25) is 11.1 Å². The van der Waals surface area contributed by atoms with Gasteiger partial charge in [-0.05, 0) is 67.8 Å². The second kappa shape index (κ2) is 9.99. The maximum absolute atomic E-state index is 13.8. The molecule has 0 saturated carbocycles. The SMILES string of the molecule is CSc1nc2nc(C)c(CCC(=O)N(c3ccc(C(C)C)cc3)c3nc4ccccc4s3)c(C)n2n1. The van der Waals surface area contributed by atoms with Crippen molar-refractivity contribution in [3.05, 3.63) is 71.0 Å². The van der Waals surface area contributed by atoms with E-state index in [1.807, 2.05) is 56.5 Å². The molecule has 5 aromatic rings. The number of benzene rings is 2. The average Bonchev–Trinajstić information content (AvgIpc) is 3.48. The lowest BCUT2D eigenvalue weighted by molar-refractivity contribution is -0.117. The molecule has 0 N–H and O–H groups in total. The van der Waals surface area contributed by atoms with Crippen LogP contribution >= 0.6 is 23.1 Å².